The smallest absolute Gasteiger partial charge is 0.322 e. The van der Waals surface area contributed by atoms with Gasteiger partial charge in [-0.1, -0.05) is 12.1 Å². The molecular formula is C23H21F3N4O3S. The maximum atomic E-state index is 13.2. The van der Waals surface area contributed by atoms with Gasteiger partial charge in [-0.3, -0.25) is 9.10 Å². The van der Waals surface area contributed by atoms with Gasteiger partial charge in [0.2, 0.25) is 10.0 Å². The summed E-state index contributed by atoms with van der Waals surface area (Å²) in [7, 11) is -3.36. The number of benzene rings is 2. The van der Waals surface area contributed by atoms with Gasteiger partial charge in [-0.25, -0.2) is 13.1 Å². The number of carbonyl (C=O) groups excluding carboxylic acids is 1. The number of rotatable bonds is 5. The lowest BCUT2D eigenvalue weighted by Gasteiger charge is -2.18. The van der Waals surface area contributed by atoms with Crippen LogP contribution in [0.3, 0.4) is 0 Å². The SMILES string of the molecule is O=C(Nc1cccc(N2CCCS2(=O)=O)c1)c1cnn(-c2cccc(C(F)(F)F)c2)c1C1CC1. The third-order valence-electron chi connectivity index (χ3n) is 5.92. The van der Waals surface area contributed by atoms with E-state index in [9.17, 15) is 26.4 Å². The molecule has 1 saturated carbocycles. The summed E-state index contributed by atoms with van der Waals surface area (Å²) in [6, 6.07) is 11.4. The van der Waals surface area contributed by atoms with Crippen LogP contribution in [0, 0.1) is 0 Å². The van der Waals surface area contributed by atoms with Crippen molar-refractivity contribution < 1.29 is 26.4 Å². The highest BCUT2D eigenvalue weighted by molar-refractivity contribution is 7.93. The van der Waals surface area contributed by atoms with Gasteiger partial charge in [-0.15, -0.1) is 0 Å². The average Bonchev–Trinajstić information content (AvgIpc) is 3.42. The maximum Gasteiger partial charge on any atom is 0.416 e. The summed E-state index contributed by atoms with van der Waals surface area (Å²) < 4.78 is 66.7. The molecule has 0 atom stereocenters. The highest BCUT2D eigenvalue weighted by atomic mass is 32.2. The molecule has 0 spiro atoms. The summed E-state index contributed by atoms with van der Waals surface area (Å²) in [5, 5.41) is 7.01. The molecule has 5 rings (SSSR count). The Morgan fingerprint density at radius 1 is 1.06 bits per heavy atom. The Morgan fingerprint density at radius 2 is 1.79 bits per heavy atom. The van der Waals surface area contributed by atoms with E-state index in [1.165, 1.54) is 27.3 Å². The second-order valence-corrected chi connectivity index (χ2v) is 10.4. The number of nitrogens with zero attached hydrogens (tertiary/aromatic N) is 3. The molecule has 2 aromatic carbocycles. The summed E-state index contributed by atoms with van der Waals surface area (Å²) in [5.41, 5.74) is 1.17. The van der Waals surface area contributed by atoms with Crippen LogP contribution in [0.4, 0.5) is 24.5 Å². The molecule has 1 aliphatic heterocycles. The van der Waals surface area contributed by atoms with Gasteiger partial charge in [-0.2, -0.15) is 18.3 Å². The zero-order valence-corrected chi connectivity index (χ0v) is 18.7. The average molecular weight is 491 g/mol. The van der Waals surface area contributed by atoms with Gasteiger partial charge in [0, 0.05) is 18.2 Å². The Labute approximate surface area is 194 Å². The number of anilines is 2. The van der Waals surface area contributed by atoms with Crippen LogP contribution in [0.2, 0.25) is 0 Å². The molecule has 1 amide bonds. The molecule has 3 aromatic rings. The molecule has 178 valence electrons. The van der Waals surface area contributed by atoms with Crippen molar-refractivity contribution in [3.05, 3.63) is 71.5 Å². The topological polar surface area (TPSA) is 84.3 Å². The highest BCUT2D eigenvalue weighted by Crippen LogP contribution is 2.43. The molecule has 0 radical (unpaired) electrons. The van der Waals surface area contributed by atoms with Gasteiger partial charge in [0.05, 0.1) is 40.1 Å². The first-order chi connectivity index (χ1) is 16.1. The van der Waals surface area contributed by atoms with E-state index in [0.29, 0.717) is 30.0 Å². The van der Waals surface area contributed by atoms with E-state index >= 15 is 0 Å². The Hall–Kier alpha value is -3.34. The van der Waals surface area contributed by atoms with Gasteiger partial charge < -0.3 is 5.32 Å². The number of halogens is 3. The van der Waals surface area contributed by atoms with Crippen molar-refractivity contribution in [2.24, 2.45) is 0 Å². The first-order valence-electron chi connectivity index (χ1n) is 10.8. The summed E-state index contributed by atoms with van der Waals surface area (Å²) in [4.78, 5) is 13.1. The van der Waals surface area contributed by atoms with Crippen LogP contribution in [-0.4, -0.2) is 36.4 Å². The summed E-state index contributed by atoms with van der Waals surface area (Å²) in [6.07, 6.45) is -0.964. The molecule has 7 nitrogen and oxygen atoms in total. The van der Waals surface area contributed by atoms with Crippen LogP contribution in [0.5, 0.6) is 0 Å². The largest absolute Gasteiger partial charge is 0.416 e. The molecule has 0 bridgehead atoms. The van der Waals surface area contributed by atoms with Crippen molar-refractivity contribution >= 4 is 27.3 Å². The van der Waals surface area contributed by atoms with Gasteiger partial charge >= 0.3 is 6.18 Å². The molecule has 1 aromatic heterocycles. The lowest BCUT2D eigenvalue weighted by atomic mass is 10.1. The fourth-order valence-electron chi connectivity index (χ4n) is 4.17. The van der Waals surface area contributed by atoms with Crippen molar-refractivity contribution in [2.45, 2.75) is 31.4 Å². The van der Waals surface area contributed by atoms with E-state index < -0.39 is 27.7 Å². The molecule has 11 heteroatoms. The van der Waals surface area contributed by atoms with Gasteiger partial charge in [-0.05, 0) is 55.7 Å². The fraction of sp³-hybridized carbons (Fsp3) is 0.304. The number of amides is 1. The molecule has 0 unspecified atom stereocenters. The van der Waals surface area contributed by atoms with E-state index in [2.05, 4.69) is 10.4 Å². The van der Waals surface area contributed by atoms with Crippen LogP contribution in [0.25, 0.3) is 5.69 Å². The van der Waals surface area contributed by atoms with E-state index in [-0.39, 0.29) is 22.9 Å². The summed E-state index contributed by atoms with van der Waals surface area (Å²) >= 11 is 0. The number of nitrogens with one attached hydrogen (secondary N) is 1. The van der Waals surface area contributed by atoms with Crippen LogP contribution in [0.1, 0.15) is 46.8 Å². The number of alkyl halides is 3. The second-order valence-electron chi connectivity index (χ2n) is 8.42. The Kier molecular flexibility index (Phi) is 5.38. The van der Waals surface area contributed by atoms with Crippen molar-refractivity contribution in [2.75, 3.05) is 21.9 Å². The van der Waals surface area contributed by atoms with Crippen molar-refractivity contribution in [1.29, 1.82) is 0 Å². The molecule has 1 aliphatic carbocycles. The molecular weight excluding hydrogens is 469 g/mol. The normalized spacial score (nSPS) is 17.7. The summed E-state index contributed by atoms with van der Waals surface area (Å²) in [5.74, 6) is -0.344. The summed E-state index contributed by atoms with van der Waals surface area (Å²) in [6.45, 7) is 0.384. The van der Waals surface area contributed by atoms with Gasteiger partial charge in [0.1, 0.15) is 0 Å². The highest BCUT2D eigenvalue weighted by Gasteiger charge is 2.35. The third-order valence-corrected chi connectivity index (χ3v) is 7.79. The zero-order chi connectivity index (χ0) is 24.1. The number of carbonyl (C=O) groups is 1. The number of aromatic nitrogens is 2. The third kappa shape index (κ3) is 4.27. The Balaban J connectivity index is 1.44. The fourth-order valence-corrected chi connectivity index (χ4v) is 5.73. The molecule has 2 fully saturated rings. The number of hydrogen-bond acceptors (Lipinski definition) is 4. The maximum absolute atomic E-state index is 13.2. The lowest BCUT2D eigenvalue weighted by molar-refractivity contribution is -0.137. The molecule has 2 heterocycles. The van der Waals surface area contributed by atoms with Gasteiger partial charge in [0.25, 0.3) is 5.91 Å². The van der Waals surface area contributed by atoms with Crippen molar-refractivity contribution in [3.63, 3.8) is 0 Å². The minimum atomic E-state index is -4.49. The molecule has 2 aliphatic rings. The van der Waals surface area contributed by atoms with Crippen LogP contribution in [0.15, 0.2) is 54.7 Å². The Bertz CT molecular complexity index is 1360. The molecule has 1 N–H and O–H groups in total. The minimum Gasteiger partial charge on any atom is -0.322 e. The molecule has 1 saturated heterocycles. The van der Waals surface area contributed by atoms with Crippen LogP contribution in [-0.2, 0) is 16.2 Å². The first-order valence-corrected chi connectivity index (χ1v) is 12.4. The lowest BCUT2D eigenvalue weighted by Crippen LogP contribution is -2.25. The monoisotopic (exact) mass is 490 g/mol. The predicted octanol–water partition coefficient (Wildman–Crippen LogP) is 4.56. The standard InChI is InChI=1S/C23H21F3N4O3S/c24-23(25,26)16-4-1-7-19(12-16)30-21(15-8-9-15)20(14-27-30)22(31)28-17-5-2-6-18(13-17)29-10-3-11-34(29,32)33/h1-2,4-7,12-15H,3,8-11H2,(H,28,31). The number of sulfonamides is 1. The van der Waals surface area contributed by atoms with Crippen molar-refractivity contribution in [3.8, 4) is 5.69 Å². The van der Waals surface area contributed by atoms with Crippen molar-refractivity contribution in [1.82, 2.24) is 9.78 Å². The Morgan fingerprint density at radius 3 is 2.47 bits per heavy atom. The first kappa shape index (κ1) is 22.5. The van der Waals surface area contributed by atoms with Crippen LogP contribution >= 0.6 is 0 Å². The van der Waals surface area contributed by atoms with E-state index in [1.807, 2.05) is 0 Å². The van der Waals surface area contributed by atoms with Crippen LogP contribution < -0.4 is 9.62 Å². The zero-order valence-electron chi connectivity index (χ0n) is 17.9. The van der Waals surface area contributed by atoms with Gasteiger partial charge in [0.15, 0.2) is 0 Å². The second kappa shape index (κ2) is 8.15. The quantitative estimate of drug-likeness (QED) is 0.568. The van der Waals surface area contributed by atoms with E-state index in [0.717, 1.165) is 25.0 Å². The molecule has 34 heavy (non-hydrogen) atoms. The predicted molar refractivity (Wildman–Crippen MR) is 121 cm³/mol. The van der Waals surface area contributed by atoms with E-state index in [1.54, 1.807) is 24.3 Å². The van der Waals surface area contributed by atoms with E-state index in [4.69, 9.17) is 0 Å². The number of hydrogen-bond donors (Lipinski definition) is 1. The minimum absolute atomic E-state index is 0.0267.